The van der Waals surface area contributed by atoms with Crippen LogP contribution in [0, 0.1) is 11.8 Å². The number of nitrogens with one attached hydrogen (secondary N) is 2. The molecule has 236 valence electrons. The van der Waals surface area contributed by atoms with Crippen LogP contribution in [0.4, 0.5) is 5.69 Å². The number of fused-ring (bicyclic) bond motifs is 4. The smallest absolute Gasteiger partial charge is 0.360 e. The second-order valence-electron chi connectivity index (χ2n) is 12.1. The molecule has 4 atom stereocenters. The van der Waals surface area contributed by atoms with Crippen LogP contribution in [0.2, 0.25) is 0 Å². The van der Waals surface area contributed by atoms with Gasteiger partial charge in [0.05, 0.1) is 25.1 Å². The number of hydrogen-bond donors (Lipinski definition) is 2. The van der Waals surface area contributed by atoms with Crippen LogP contribution in [0.15, 0.2) is 75.6 Å². The monoisotopic (exact) mass is 685 g/mol. The molecule has 0 radical (unpaired) electrons. The van der Waals surface area contributed by atoms with E-state index < -0.39 is 35.5 Å². The number of nitrogens with zero attached hydrogens (tertiary/aromatic N) is 1. The molecular formula is C35H32BrN3O7. The number of anilines is 1. The number of halogens is 1. The molecule has 0 saturated heterocycles. The van der Waals surface area contributed by atoms with Crippen LogP contribution in [0.1, 0.15) is 70.7 Å². The maximum atomic E-state index is 13.9. The molecule has 1 amide bonds. The molecule has 10 nitrogen and oxygen atoms in total. The van der Waals surface area contributed by atoms with E-state index in [1.807, 2.05) is 80.6 Å². The Labute approximate surface area is 274 Å². The number of rotatable bonds is 6. The number of amides is 1. The van der Waals surface area contributed by atoms with Gasteiger partial charge < -0.3 is 29.3 Å². The molecule has 0 fully saturated rings. The third-order valence-corrected chi connectivity index (χ3v) is 9.60. The zero-order valence-electron chi connectivity index (χ0n) is 25.5. The lowest BCUT2D eigenvalue weighted by Crippen LogP contribution is -2.41. The lowest BCUT2D eigenvalue weighted by atomic mass is 9.72. The van der Waals surface area contributed by atoms with Gasteiger partial charge in [0.1, 0.15) is 23.8 Å². The first-order valence-electron chi connectivity index (χ1n) is 15.2. The van der Waals surface area contributed by atoms with Crippen molar-refractivity contribution in [2.45, 2.75) is 51.0 Å². The van der Waals surface area contributed by atoms with Crippen molar-refractivity contribution in [2.75, 3.05) is 12.4 Å². The van der Waals surface area contributed by atoms with Crippen LogP contribution in [0.25, 0.3) is 0 Å². The summed E-state index contributed by atoms with van der Waals surface area (Å²) in [7, 11) is 1.29. The number of carbonyl (C=O) groups is 3. The Kier molecular flexibility index (Phi) is 7.59. The summed E-state index contributed by atoms with van der Waals surface area (Å²) in [5.41, 5.74) is 2.93. The zero-order valence-corrected chi connectivity index (χ0v) is 27.1. The molecular weight excluding hydrogens is 654 g/mol. The standard InChI is InChI=1S/C35H32BrN3O7/c1-18(2)27-32-38-29(33(42)43-3)30(46-32)35-22-10-7-11-24(36)28(22)39-34(35)45-25-13-12-20(15-23(25)35)14-21(31(41)37-27)16-26(40)44-17-19-8-5-4-6-9-19/h4-13,15,18,21,27,34,39H,14,16-17H2,1-3H3,(H,37,41)/t21-,27+,34?,35+/m1/s1. The highest BCUT2D eigenvalue weighted by atomic mass is 79.9. The normalized spacial score (nSPS) is 22.4. The number of carbonyl (C=O) groups excluding carboxylic acids is 3. The van der Waals surface area contributed by atoms with Gasteiger partial charge in [-0.25, -0.2) is 9.78 Å². The van der Waals surface area contributed by atoms with Gasteiger partial charge in [-0.05, 0) is 51.5 Å². The third-order valence-electron chi connectivity index (χ3n) is 8.94. The van der Waals surface area contributed by atoms with Crippen molar-refractivity contribution >= 4 is 39.5 Å². The van der Waals surface area contributed by atoms with Crippen molar-refractivity contribution in [1.82, 2.24) is 10.3 Å². The van der Waals surface area contributed by atoms with E-state index in [9.17, 15) is 14.4 Å². The van der Waals surface area contributed by atoms with Crippen molar-refractivity contribution < 1.29 is 33.0 Å². The van der Waals surface area contributed by atoms with Gasteiger partial charge in [-0.1, -0.05) is 68.4 Å². The molecule has 1 spiro atoms. The number of benzene rings is 3. The van der Waals surface area contributed by atoms with E-state index in [0.717, 1.165) is 32.4 Å². The number of oxazole rings is 1. The SMILES string of the molecule is COC(=O)c1nc2oc1[C@]13c4cc(ccc4OC1Nc1c(Br)cccc13)C[C@H](CC(=O)OCc1ccccc1)C(=O)N[C@H]2C(C)C. The fraction of sp³-hybridized carbons (Fsp3) is 0.314. The zero-order chi connectivity index (χ0) is 32.2. The summed E-state index contributed by atoms with van der Waals surface area (Å²) < 4.78 is 24.7. The molecule has 0 saturated carbocycles. The molecule has 2 N–H and O–H groups in total. The van der Waals surface area contributed by atoms with Crippen LogP contribution >= 0.6 is 15.9 Å². The molecule has 0 aliphatic carbocycles. The molecule has 4 bridgehead atoms. The Bertz CT molecular complexity index is 1860. The summed E-state index contributed by atoms with van der Waals surface area (Å²) in [5.74, 6) is -1.42. The first kappa shape index (κ1) is 30.0. The van der Waals surface area contributed by atoms with E-state index in [0.29, 0.717) is 5.75 Å². The van der Waals surface area contributed by atoms with Gasteiger partial charge in [-0.2, -0.15) is 0 Å². The molecule has 3 aliphatic heterocycles. The third kappa shape index (κ3) is 4.84. The number of esters is 2. The van der Waals surface area contributed by atoms with Crippen molar-refractivity contribution in [3.63, 3.8) is 0 Å². The molecule has 1 unspecified atom stereocenters. The maximum absolute atomic E-state index is 13.9. The first-order valence-corrected chi connectivity index (χ1v) is 15.9. The topological polar surface area (TPSA) is 129 Å². The van der Waals surface area contributed by atoms with Crippen LogP contribution in [-0.2, 0) is 37.5 Å². The lowest BCUT2D eigenvalue weighted by molar-refractivity contribution is -0.148. The summed E-state index contributed by atoms with van der Waals surface area (Å²) in [6, 6.07) is 20.2. The van der Waals surface area contributed by atoms with Crippen molar-refractivity contribution in [3.8, 4) is 5.75 Å². The molecule has 1 aromatic heterocycles. The molecule has 3 aliphatic rings. The first-order chi connectivity index (χ1) is 22.2. The second kappa shape index (κ2) is 11.6. The minimum absolute atomic E-state index is 0.000774. The average Bonchev–Trinajstić information content (AvgIpc) is 3.72. The second-order valence-corrected chi connectivity index (χ2v) is 13.0. The van der Waals surface area contributed by atoms with Gasteiger partial charge in [-0.3, -0.25) is 9.59 Å². The molecule has 4 aromatic rings. The highest BCUT2D eigenvalue weighted by molar-refractivity contribution is 9.10. The fourth-order valence-corrected chi connectivity index (χ4v) is 7.17. The number of aromatic nitrogens is 1. The summed E-state index contributed by atoms with van der Waals surface area (Å²) in [5, 5.41) is 6.56. The summed E-state index contributed by atoms with van der Waals surface area (Å²) >= 11 is 3.67. The Balaban J connectivity index is 1.37. The molecule has 3 aromatic carbocycles. The molecule has 11 heteroatoms. The van der Waals surface area contributed by atoms with Crippen LogP contribution in [0.3, 0.4) is 0 Å². The number of ether oxygens (including phenoxy) is 3. The van der Waals surface area contributed by atoms with Gasteiger partial charge in [-0.15, -0.1) is 0 Å². The van der Waals surface area contributed by atoms with Gasteiger partial charge in [0.25, 0.3) is 0 Å². The predicted octanol–water partition coefficient (Wildman–Crippen LogP) is 5.82. The highest BCUT2D eigenvalue weighted by Crippen LogP contribution is 2.59. The Morgan fingerprint density at radius 1 is 1.07 bits per heavy atom. The van der Waals surface area contributed by atoms with Crippen molar-refractivity contribution in [3.05, 3.63) is 111 Å². The van der Waals surface area contributed by atoms with E-state index in [4.69, 9.17) is 18.6 Å². The molecule has 7 rings (SSSR count). The van der Waals surface area contributed by atoms with E-state index in [1.165, 1.54) is 7.11 Å². The summed E-state index contributed by atoms with van der Waals surface area (Å²) in [6.45, 7) is 3.96. The quantitative estimate of drug-likeness (QED) is 0.241. The lowest BCUT2D eigenvalue weighted by Gasteiger charge is -2.28. The van der Waals surface area contributed by atoms with E-state index in [1.54, 1.807) is 0 Å². The largest absolute Gasteiger partial charge is 0.469 e. The van der Waals surface area contributed by atoms with Gasteiger partial charge >= 0.3 is 11.9 Å². The fourth-order valence-electron chi connectivity index (χ4n) is 6.69. The average molecular weight is 687 g/mol. The molecule has 46 heavy (non-hydrogen) atoms. The van der Waals surface area contributed by atoms with E-state index >= 15 is 0 Å². The van der Waals surface area contributed by atoms with Crippen LogP contribution in [-0.4, -0.2) is 36.2 Å². The Morgan fingerprint density at radius 2 is 1.87 bits per heavy atom. The minimum Gasteiger partial charge on any atom is -0.469 e. The van der Waals surface area contributed by atoms with Crippen LogP contribution in [0.5, 0.6) is 5.75 Å². The molecule has 4 heterocycles. The maximum Gasteiger partial charge on any atom is 0.360 e. The predicted molar refractivity (Wildman–Crippen MR) is 170 cm³/mol. The van der Waals surface area contributed by atoms with E-state index in [-0.39, 0.29) is 48.6 Å². The number of para-hydroxylation sites is 1. The van der Waals surface area contributed by atoms with Crippen LogP contribution < -0.4 is 15.4 Å². The number of methoxy groups -OCH3 is 1. The minimum atomic E-state index is -1.12. The van der Waals surface area contributed by atoms with Gasteiger partial charge in [0, 0.05) is 15.6 Å². The van der Waals surface area contributed by atoms with Gasteiger partial charge in [0.2, 0.25) is 11.8 Å². The van der Waals surface area contributed by atoms with Crippen molar-refractivity contribution in [1.29, 1.82) is 0 Å². The Hall–Kier alpha value is -4.64. The Morgan fingerprint density at radius 3 is 2.63 bits per heavy atom. The highest BCUT2D eigenvalue weighted by Gasteiger charge is 2.61. The number of hydrogen-bond acceptors (Lipinski definition) is 9. The van der Waals surface area contributed by atoms with Gasteiger partial charge in [0.15, 0.2) is 17.7 Å². The summed E-state index contributed by atoms with van der Waals surface area (Å²) in [4.78, 5) is 45.1. The van der Waals surface area contributed by atoms with E-state index in [2.05, 4.69) is 31.5 Å². The van der Waals surface area contributed by atoms with Crippen molar-refractivity contribution in [2.24, 2.45) is 11.8 Å². The summed E-state index contributed by atoms with van der Waals surface area (Å²) in [6.07, 6.45) is -0.540.